The summed E-state index contributed by atoms with van der Waals surface area (Å²) in [6.07, 6.45) is 3.57. The van der Waals surface area contributed by atoms with Gasteiger partial charge in [0.15, 0.2) is 0 Å². The number of aliphatic hydroxyl groups excluding tert-OH is 1. The van der Waals surface area contributed by atoms with Gasteiger partial charge in [0.1, 0.15) is 0 Å². The maximum absolute atomic E-state index is 9.14. The Morgan fingerprint density at radius 1 is 1.36 bits per heavy atom. The first kappa shape index (κ1) is 9.72. The van der Waals surface area contributed by atoms with Gasteiger partial charge in [0, 0.05) is 6.61 Å². The monoisotopic (exact) mass is 190 g/mol. The molecule has 2 rings (SSSR count). The van der Waals surface area contributed by atoms with E-state index in [-0.39, 0.29) is 0 Å². The highest BCUT2D eigenvalue weighted by atomic mass is 16.3. The van der Waals surface area contributed by atoms with E-state index < -0.39 is 0 Å². The van der Waals surface area contributed by atoms with Gasteiger partial charge in [-0.1, -0.05) is 31.2 Å². The van der Waals surface area contributed by atoms with E-state index in [2.05, 4.69) is 31.2 Å². The Hall–Kier alpha value is -0.820. The number of rotatable bonds is 2. The van der Waals surface area contributed by atoms with Crippen molar-refractivity contribution in [1.82, 2.24) is 0 Å². The second-order valence-corrected chi connectivity index (χ2v) is 4.43. The molecule has 0 bridgehead atoms. The summed E-state index contributed by atoms with van der Waals surface area (Å²) in [7, 11) is 0. The standard InChI is InChI=1S/C13H18O/c1-10(9-14)12-7-6-11-4-2-3-5-13(11)8-12/h2-5,10,12,14H,6-9H2,1H3/t10-,12?/m0/s1. The Morgan fingerprint density at radius 3 is 2.79 bits per heavy atom. The zero-order chi connectivity index (χ0) is 9.97. The zero-order valence-corrected chi connectivity index (χ0v) is 8.74. The summed E-state index contributed by atoms with van der Waals surface area (Å²) in [6.45, 7) is 2.48. The molecule has 76 valence electrons. The van der Waals surface area contributed by atoms with E-state index in [1.54, 1.807) is 0 Å². The number of aliphatic hydroxyl groups is 1. The molecule has 0 fully saturated rings. The summed E-state index contributed by atoms with van der Waals surface area (Å²) >= 11 is 0. The van der Waals surface area contributed by atoms with Gasteiger partial charge in [-0.3, -0.25) is 0 Å². The molecule has 1 aromatic carbocycles. The Kier molecular flexibility index (Phi) is 2.87. The molecule has 1 aliphatic carbocycles. The highest BCUT2D eigenvalue weighted by Gasteiger charge is 2.22. The molecule has 1 N–H and O–H groups in total. The molecule has 0 amide bonds. The molecule has 0 radical (unpaired) electrons. The van der Waals surface area contributed by atoms with Crippen molar-refractivity contribution in [3.8, 4) is 0 Å². The molecule has 1 unspecified atom stereocenters. The third-order valence-electron chi connectivity index (χ3n) is 3.48. The highest BCUT2D eigenvalue weighted by Crippen LogP contribution is 2.29. The third-order valence-corrected chi connectivity index (χ3v) is 3.48. The van der Waals surface area contributed by atoms with E-state index >= 15 is 0 Å². The predicted octanol–water partition coefficient (Wildman–Crippen LogP) is 2.42. The van der Waals surface area contributed by atoms with Crippen LogP contribution in [0.3, 0.4) is 0 Å². The van der Waals surface area contributed by atoms with Crippen LogP contribution < -0.4 is 0 Å². The summed E-state index contributed by atoms with van der Waals surface area (Å²) in [5.74, 6) is 1.12. The summed E-state index contributed by atoms with van der Waals surface area (Å²) in [4.78, 5) is 0. The van der Waals surface area contributed by atoms with Crippen LogP contribution in [0.5, 0.6) is 0 Å². The Labute approximate surface area is 85.8 Å². The SMILES string of the molecule is C[C@@H](CO)C1CCc2ccccc2C1. The lowest BCUT2D eigenvalue weighted by atomic mass is 9.78. The van der Waals surface area contributed by atoms with Crippen molar-refractivity contribution < 1.29 is 5.11 Å². The van der Waals surface area contributed by atoms with Crippen LogP contribution in [0.1, 0.15) is 24.5 Å². The minimum Gasteiger partial charge on any atom is -0.396 e. The van der Waals surface area contributed by atoms with Crippen LogP contribution in [0.2, 0.25) is 0 Å². The average molecular weight is 190 g/mol. The van der Waals surface area contributed by atoms with Gasteiger partial charge in [0.25, 0.3) is 0 Å². The molecule has 0 heterocycles. The van der Waals surface area contributed by atoms with Gasteiger partial charge in [-0.05, 0) is 42.2 Å². The second-order valence-electron chi connectivity index (χ2n) is 4.43. The maximum Gasteiger partial charge on any atom is 0.0459 e. The first-order chi connectivity index (χ1) is 6.81. The number of benzene rings is 1. The van der Waals surface area contributed by atoms with Crippen molar-refractivity contribution in [2.75, 3.05) is 6.61 Å². The van der Waals surface area contributed by atoms with Crippen LogP contribution in [0.25, 0.3) is 0 Å². The molecular weight excluding hydrogens is 172 g/mol. The van der Waals surface area contributed by atoms with E-state index in [4.69, 9.17) is 5.11 Å². The minimum atomic E-state index is 0.326. The highest BCUT2D eigenvalue weighted by molar-refractivity contribution is 5.29. The molecule has 2 atom stereocenters. The first-order valence-electron chi connectivity index (χ1n) is 5.49. The second kappa shape index (κ2) is 4.14. The van der Waals surface area contributed by atoms with Crippen molar-refractivity contribution in [2.24, 2.45) is 11.8 Å². The van der Waals surface area contributed by atoms with Gasteiger partial charge in [-0.15, -0.1) is 0 Å². The smallest absolute Gasteiger partial charge is 0.0459 e. The number of hydrogen-bond donors (Lipinski definition) is 1. The van der Waals surface area contributed by atoms with Crippen LogP contribution in [0.4, 0.5) is 0 Å². The van der Waals surface area contributed by atoms with E-state index in [1.807, 2.05) is 0 Å². The summed E-state index contributed by atoms with van der Waals surface area (Å²) < 4.78 is 0. The lowest BCUT2D eigenvalue weighted by Crippen LogP contribution is -2.22. The summed E-state index contributed by atoms with van der Waals surface area (Å²) in [5, 5.41) is 9.14. The molecule has 1 heteroatoms. The average Bonchev–Trinajstić information content (AvgIpc) is 2.27. The number of fused-ring (bicyclic) bond motifs is 1. The van der Waals surface area contributed by atoms with Crippen LogP contribution in [0, 0.1) is 11.8 Å². The normalized spacial score (nSPS) is 22.9. The van der Waals surface area contributed by atoms with Crippen LogP contribution in [0.15, 0.2) is 24.3 Å². The fourth-order valence-corrected chi connectivity index (χ4v) is 2.36. The molecule has 1 aliphatic rings. The minimum absolute atomic E-state index is 0.326. The fraction of sp³-hybridized carbons (Fsp3) is 0.538. The number of hydrogen-bond acceptors (Lipinski definition) is 1. The molecule has 0 saturated heterocycles. The van der Waals surface area contributed by atoms with Crippen molar-refractivity contribution >= 4 is 0 Å². The van der Waals surface area contributed by atoms with Gasteiger partial charge < -0.3 is 5.11 Å². The molecule has 0 spiro atoms. The molecule has 0 aromatic heterocycles. The van der Waals surface area contributed by atoms with Crippen LogP contribution >= 0.6 is 0 Å². The van der Waals surface area contributed by atoms with Crippen molar-refractivity contribution in [2.45, 2.75) is 26.2 Å². The Morgan fingerprint density at radius 2 is 2.07 bits per heavy atom. The maximum atomic E-state index is 9.14. The van der Waals surface area contributed by atoms with Crippen LogP contribution in [-0.2, 0) is 12.8 Å². The van der Waals surface area contributed by atoms with Gasteiger partial charge in [-0.2, -0.15) is 0 Å². The largest absolute Gasteiger partial charge is 0.396 e. The van der Waals surface area contributed by atoms with E-state index in [9.17, 15) is 0 Å². The van der Waals surface area contributed by atoms with Crippen molar-refractivity contribution in [1.29, 1.82) is 0 Å². The molecular formula is C13H18O. The summed E-state index contributed by atoms with van der Waals surface area (Å²) in [6, 6.07) is 8.69. The van der Waals surface area contributed by atoms with E-state index in [0.717, 1.165) is 6.42 Å². The Bertz CT molecular complexity index is 306. The lowest BCUT2D eigenvalue weighted by Gasteiger charge is -2.28. The van der Waals surface area contributed by atoms with Crippen molar-refractivity contribution in [3.05, 3.63) is 35.4 Å². The lowest BCUT2D eigenvalue weighted by molar-refractivity contribution is 0.178. The van der Waals surface area contributed by atoms with Crippen LogP contribution in [-0.4, -0.2) is 11.7 Å². The molecule has 1 aromatic rings. The van der Waals surface area contributed by atoms with Gasteiger partial charge >= 0.3 is 0 Å². The van der Waals surface area contributed by atoms with E-state index in [0.29, 0.717) is 18.4 Å². The summed E-state index contributed by atoms with van der Waals surface area (Å²) in [5.41, 5.74) is 3.00. The quantitative estimate of drug-likeness (QED) is 0.759. The van der Waals surface area contributed by atoms with E-state index in [1.165, 1.54) is 24.0 Å². The van der Waals surface area contributed by atoms with Crippen molar-refractivity contribution in [3.63, 3.8) is 0 Å². The molecule has 0 aliphatic heterocycles. The molecule has 14 heavy (non-hydrogen) atoms. The predicted molar refractivity (Wildman–Crippen MR) is 58.2 cm³/mol. The number of aryl methyl sites for hydroxylation is 1. The zero-order valence-electron chi connectivity index (χ0n) is 8.74. The third kappa shape index (κ3) is 1.83. The fourth-order valence-electron chi connectivity index (χ4n) is 2.36. The van der Waals surface area contributed by atoms with Gasteiger partial charge in [0.05, 0.1) is 0 Å². The molecule has 0 saturated carbocycles. The Balaban J connectivity index is 2.13. The van der Waals surface area contributed by atoms with Gasteiger partial charge in [0.2, 0.25) is 0 Å². The first-order valence-corrected chi connectivity index (χ1v) is 5.49. The van der Waals surface area contributed by atoms with Gasteiger partial charge in [-0.25, -0.2) is 0 Å². The molecule has 1 nitrogen and oxygen atoms in total. The topological polar surface area (TPSA) is 20.2 Å².